The molecule has 1 N–H and O–H groups in total. The largest absolute Gasteiger partial charge is 0.477 e. The molecule has 384 valence electrons. The van der Waals surface area contributed by atoms with Gasteiger partial charge in [-0.1, -0.05) is 195 Å². The highest BCUT2D eigenvalue weighted by Crippen LogP contribution is 2.14. The van der Waals surface area contributed by atoms with E-state index in [1.807, 2.05) is 21.1 Å². The third-order valence-electron chi connectivity index (χ3n) is 11.8. The highest BCUT2D eigenvalue weighted by Gasteiger charge is 2.31. The van der Waals surface area contributed by atoms with E-state index in [1.165, 1.54) is 89.9 Å². The summed E-state index contributed by atoms with van der Waals surface area (Å²) in [6, 6.07) is -0.626. The molecule has 0 aliphatic heterocycles. The molecule has 0 spiro atoms. The third-order valence-corrected chi connectivity index (χ3v) is 11.8. The lowest BCUT2D eigenvalue weighted by atomic mass is 10.1. The summed E-state index contributed by atoms with van der Waals surface area (Å²) < 4.78 is 17.3. The zero-order chi connectivity index (χ0) is 49.2. The maximum Gasteiger partial charge on any atom is 0.362 e. The van der Waals surface area contributed by atoms with Gasteiger partial charge in [0, 0.05) is 19.3 Å². The van der Waals surface area contributed by atoms with Crippen molar-refractivity contribution in [2.45, 2.75) is 231 Å². The highest BCUT2D eigenvalue weighted by molar-refractivity contribution is 5.72. The molecule has 8 nitrogen and oxygen atoms in total. The summed E-state index contributed by atoms with van der Waals surface area (Å²) in [5.74, 6) is -1.51. The summed E-state index contributed by atoms with van der Waals surface area (Å²) in [6.07, 6.45) is 64.9. The zero-order valence-corrected chi connectivity index (χ0v) is 43.8. The Morgan fingerprint density at radius 1 is 0.463 bits per heavy atom. The van der Waals surface area contributed by atoms with Crippen molar-refractivity contribution < 1.29 is 38.2 Å². The number of carbonyl (C=O) groups excluding carboxylic acids is 2. The second-order valence-corrected chi connectivity index (χ2v) is 19.1. The predicted octanol–water partition coefficient (Wildman–Crippen LogP) is 16.0. The van der Waals surface area contributed by atoms with Gasteiger partial charge in [-0.3, -0.25) is 9.59 Å². The maximum atomic E-state index is 12.8. The van der Waals surface area contributed by atoms with Crippen LogP contribution in [0.3, 0.4) is 0 Å². The van der Waals surface area contributed by atoms with Gasteiger partial charge in [0.1, 0.15) is 6.61 Å². The lowest BCUT2D eigenvalue weighted by Crippen LogP contribution is -2.50. The summed E-state index contributed by atoms with van der Waals surface area (Å²) >= 11 is 0. The van der Waals surface area contributed by atoms with E-state index in [-0.39, 0.29) is 36.2 Å². The van der Waals surface area contributed by atoms with Gasteiger partial charge in [0.25, 0.3) is 0 Å². The van der Waals surface area contributed by atoms with Crippen LogP contribution in [0, 0.1) is 0 Å². The molecule has 0 aromatic rings. The summed E-state index contributed by atoms with van der Waals surface area (Å²) in [4.78, 5) is 37.2. The number of likely N-dealkylation sites (N-methyl/N-ethyl adjacent to an activating group) is 1. The standard InChI is InChI=1S/C59H101NO7/c1-6-8-10-12-14-16-18-20-22-24-26-28-29-30-32-34-36-38-40-42-44-46-48-50-58(62)67-55(53-65-52-51-56(59(63)64)60(3,4)5)54-66-57(61)49-47-45-43-41-39-37-35-33-31-27-25-23-21-19-17-15-13-11-9-7-2/h9,11,15,17,21,23,26-28,30-32,35,37,55-56H,6-8,10,12-14,16,18-20,22,24-25,29,33-34,36,38-54H2,1-5H3/p+1/b11-9+,17-15+,23-21+,28-26+,31-27+,32-30+,37-35+. The van der Waals surface area contributed by atoms with Crippen molar-refractivity contribution >= 4 is 17.9 Å². The molecule has 0 fully saturated rings. The summed E-state index contributed by atoms with van der Waals surface area (Å²) in [5.41, 5.74) is 0. The Balaban J connectivity index is 4.29. The molecule has 0 aromatic heterocycles. The first-order chi connectivity index (χ1) is 32.6. The minimum atomic E-state index is -0.882. The third kappa shape index (κ3) is 47.4. The molecule has 0 amide bonds. The Morgan fingerprint density at radius 3 is 1.24 bits per heavy atom. The minimum Gasteiger partial charge on any atom is -0.477 e. The lowest BCUT2D eigenvalue weighted by Gasteiger charge is -2.31. The van der Waals surface area contributed by atoms with Crippen molar-refractivity contribution in [1.29, 1.82) is 0 Å². The van der Waals surface area contributed by atoms with Crippen molar-refractivity contribution in [1.82, 2.24) is 0 Å². The molecular weight excluding hydrogens is 835 g/mol. The highest BCUT2D eigenvalue weighted by atomic mass is 16.6. The zero-order valence-electron chi connectivity index (χ0n) is 43.8. The average Bonchev–Trinajstić information content (AvgIpc) is 3.29. The van der Waals surface area contributed by atoms with Crippen LogP contribution >= 0.6 is 0 Å². The Labute approximate surface area is 412 Å². The molecule has 0 aromatic carbocycles. The Hall–Kier alpha value is -3.49. The molecule has 0 radical (unpaired) electrons. The SMILES string of the molecule is CC/C=C/C/C=C/C/C=C/C/C=C/C/C=C/CCCCCCC(=O)OCC(COCCC(C(=O)O)[N+](C)(C)C)OC(=O)CCCCCCCCC/C=C/C/C=C/CCCCCCCCCCC. The molecule has 67 heavy (non-hydrogen) atoms. The Bertz CT molecular complexity index is 1370. The molecule has 0 saturated heterocycles. The number of allylic oxidation sites excluding steroid dienone is 14. The number of hydrogen-bond acceptors (Lipinski definition) is 6. The summed E-state index contributed by atoms with van der Waals surface area (Å²) in [7, 11) is 5.52. The van der Waals surface area contributed by atoms with Crippen LogP contribution in [0.25, 0.3) is 0 Å². The minimum absolute atomic E-state index is 0.0452. The first kappa shape index (κ1) is 63.5. The quantitative estimate of drug-likeness (QED) is 0.0281. The molecule has 0 aliphatic carbocycles. The van der Waals surface area contributed by atoms with Crippen LogP contribution in [-0.2, 0) is 28.6 Å². The number of carboxylic acid groups (broad SMARTS) is 1. The number of carboxylic acids is 1. The molecule has 0 rings (SSSR count). The number of esters is 2. The molecule has 0 saturated carbocycles. The van der Waals surface area contributed by atoms with E-state index in [0.717, 1.165) is 96.3 Å². The van der Waals surface area contributed by atoms with Crippen LogP contribution < -0.4 is 0 Å². The van der Waals surface area contributed by atoms with Gasteiger partial charge in [-0.25, -0.2) is 4.79 Å². The fourth-order valence-electron chi connectivity index (χ4n) is 7.62. The smallest absolute Gasteiger partial charge is 0.362 e. The van der Waals surface area contributed by atoms with Gasteiger partial charge in [0.2, 0.25) is 0 Å². The van der Waals surface area contributed by atoms with E-state index in [1.54, 1.807) is 0 Å². The second-order valence-electron chi connectivity index (χ2n) is 19.1. The van der Waals surface area contributed by atoms with Crippen molar-refractivity contribution in [3.05, 3.63) is 85.1 Å². The molecule has 0 aliphatic rings. The monoisotopic (exact) mass is 937 g/mol. The first-order valence-electron chi connectivity index (χ1n) is 27.1. The van der Waals surface area contributed by atoms with Gasteiger partial charge in [0.15, 0.2) is 12.1 Å². The number of hydrogen-bond donors (Lipinski definition) is 1. The molecule has 2 atom stereocenters. The second kappa shape index (κ2) is 48.9. The first-order valence-corrected chi connectivity index (χ1v) is 27.1. The Morgan fingerprint density at radius 2 is 0.836 bits per heavy atom. The number of rotatable bonds is 48. The number of carbonyl (C=O) groups is 3. The van der Waals surface area contributed by atoms with E-state index in [0.29, 0.717) is 19.3 Å². The number of ether oxygens (including phenoxy) is 3. The number of aliphatic carboxylic acids is 1. The van der Waals surface area contributed by atoms with Crippen molar-refractivity contribution in [3.8, 4) is 0 Å². The van der Waals surface area contributed by atoms with Gasteiger partial charge in [-0.2, -0.15) is 0 Å². The van der Waals surface area contributed by atoms with E-state index in [2.05, 4.69) is 98.9 Å². The van der Waals surface area contributed by atoms with Gasteiger partial charge in [-0.15, -0.1) is 0 Å². The fraction of sp³-hybridized carbons (Fsp3) is 0.712. The topological polar surface area (TPSA) is 99.1 Å². The maximum absolute atomic E-state index is 12.8. The van der Waals surface area contributed by atoms with E-state index >= 15 is 0 Å². The van der Waals surface area contributed by atoms with Crippen LogP contribution in [0.15, 0.2) is 85.1 Å². The van der Waals surface area contributed by atoms with Crippen molar-refractivity contribution in [2.24, 2.45) is 0 Å². The molecule has 0 heterocycles. The fourth-order valence-corrected chi connectivity index (χ4v) is 7.62. The molecule has 0 bridgehead atoms. The average molecular weight is 937 g/mol. The number of quaternary nitrogens is 1. The molecular formula is C59H102NO7+. The van der Waals surface area contributed by atoms with E-state index in [9.17, 15) is 19.5 Å². The summed E-state index contributed by atoms with van der Waals surface area (Å²) in [6.45, 7) is 4.60. The summed E-state index contributed by atoms with van der Waals surface area (Å²) in [5, 5.41) is 9.67. The van der Waals surface area contributed by atoms with Crippen molar-refractivity contribution in [3.63, 3.8) is 0 Å². The van der Waals surface area contributed by atoms with Gasteiger partial charge >= 0.3 is 17.9 Å². The molecule has 2 unspecified atom stereocenters. The van der Waals surface area contributed by atoms with E-state index in [4.69, 9.17) is 14.2 Å². The van der Waals surface area contributed by atoms with Crippen LogP contribution in [0.4, 0.5) is 0 Å². The number of unbranched alkanes of at least 4 members (excludes halogenated alkanes) is 20. The van der Waals surface area contributed by atoms with Crippen LogP contribution in [0.2, 0.25) is 0 Å². The predicted molar refractivity (Wildman–Crippen MR) is 284 cm³/mol. The van der Waals surface area contributed by atoms with Crippen LogP contribution in [-0.4, -0.2) is 80.6 Å². The van der Waals surface area contributed by atoms with Gasteiger partial charge < -0.3 is 23.8 Å². The molecule has 8 heteroatoms. The van der Waals surface area contributed by atoms with Gasteiger partial charge in [-0.05, 0) is 89.9 Å². The van der Waals surface area contributed by atoms with Crippen molar-refractivity contribution in [2.75, 3.05) is 41.0 Å². The normalized spacial score (nSPS) is 13.5. The van der Waals surface area contributed by atoms with Crippen LogP contribution in [0.1, 0.15) is 219 Å². The van der Waals surface area contributed by atoms with E-state index < -0.39 is 18.1 Å². The lowest BCUT2D eigenvalue weighted by molar-refractivity contribution is -0.887. The van der Waals surface area contributed by atoms with Gasteiger partial charge in [0.05, 0.1) is 34.4 Å². The number of nitrogens with zero attached hydrogens (tertiary/aromatic N) is 1. The van der Waals surface area contributed by atoms with Crippen LogP contribution in [0.5, 0.6) is 0 Å². The Kier molecular flexibility index (Phi) is 46.4.